The maximum Gasteiger partial charge on any atom is 0.416 e. The number of carbonyl (C=O) groups excluding carboxylic acids is 1. The Morgan fingerprint density at radius 1 is 0.955 bits per heavy atom. The maximum atomic E-state index is 13.7. The van der Waals surface area contributed by atoms with Crippen LogP contribution < -0.4 is 15.5 Å². The van der Waals surface area contributed by atoms with Gasteiger partial charge in [0.1, 0.15) is 0 Å². The molecule has 236 valence electrons. The van der Waals surface area contributed by atoms with Crippen molar-refractivity contribution in [2.45, 2.75) is 95.9 Å². The first-order valence-corrected chi connectivity index (χ1v) is 18.5. The van der Waals surface area contributed by atoms with Crippen LogP contribution in [0.2, 0.25) is 18.1 Å². The Labute approximate surface area is 260 Å². The third-order valence-corrected chi connectivity index (χ3v) is 14.1. The lowest BCUT2D eigenvalue weighted by molar-refractivity contribution is -0.137. The van der Waals surface area contributed by atoms with E-state index in [0.29, 0.717) is 25.2 Å². The van der Waals surface area contributed by atoms with Gasteiger partial charge < -0.3 is 20.0 Å². The molecule has 0 radical (unpaired) electrons. The van der Waals surface area contributed by atoms with Gasteiger partial charge in [-0.3, -0.25) is 0 Å². The molecule has 2 amide bonds. The van der Waals surface area contributed by atoms with Gasteiger partial charge in [0, 0.05) is 36.6 Å². The van der Waals surface area contributed by atoms with Gasteiger partial charge in [-0.25, -0.2) is 4.79 Å². The summed E-state index contributed by atoms with van der Waals surface area (Å²) in [7, 11) is -1.94. The minimum Gasteiger partial charge on any atom is -0.414 e. The second kappa shape index (κ2) is 12.6. The average Bonchev–Trinajstić information content (AvgIpc) is 2.96. The number of fused-ring (bicyclic) bond motifs is 2. The highest BCUT2D eigenvalue weighted by molar-refractivity contribution is 6.74. The molecule has 0 saturated heterocycles. The van der Waals surface area contributed by atoms with Gasteiger partial charge in [0.15, 0.2) is 8.32 Å². The molecule has 0 aromatic heterocycles. The lowest BCUT2D eigenvalue weighted by Crippen LogP contribution is -2.47. The van der Waals surface area contributed by atoms with Crippen LogP contribution >= 0.6 is 0 Å². The highest BCUT2D eigenvalue weighted by Gasteiger charge is 2.40. The molecule has 3 aromatic carbocycles. The van der Waals surface area contributed by atoms with Crippen molar-refractivity contribution in [1.29, 1.82) is 0 Å². The van der Waals surface area contributed by atoms with Crippen LogP contribution in [0.1, 0.15) is 61.4 Å². The van der Waals surface area contributed by atoms with Crippen LogP contribution in [0.15, 0.2) is 66.7 Å². The predicted molar refractivity (Wildman–Crippen MR) is 174 cm³/mol. The standard InChI is InChI=1S/C35H44F3N3O2Si/c1-34(2,3)44(4,5)43-29-19-16-25-12-9-13-31(30(25)21-29)40-33(42)39-22-28-18-15-26-14-17-27(35(36,37)38)20-32(26)41(28)23-24-10-7-6-8-11-24/h6-14,17,20,28-29H,15-16,18-19,21-23H2,1-5H3,(H2,39,40,42). The SMILES string of the molecule is CC(C)(C)[Si](C)(C)OC1CCc2cccc(NC(=O)NCC3CCc4ccc(C(F)(F)F)cc4N3Cc3ccccc3)c2C1. The number of urea groups is 1. The van der Waals surface area contributed by atoms with E-state index in [0.717, 1.165) is 54.1 Å². The van der Waals surface area contributed by atoms with Crippen LogP contribution in [0.5, 0.6) is 0 Å². The second-order valence-electron chi connectivity index (χ2n) is 13.7. The molecule has 9 heteroatoms. The number of rotatable bonds is 7. The zero-order chi connectivity index (χ0) is 31.7. The minimum atomic E-state index is -4.43. The number of alkyl halides is 3. The molecule has 1 heterocycles. The average molecular weight is 624 g/mol. The summed E-state index contributed by atoms with van der Waals surface area (Å²) < 4.78 is 47.7. The van der Waals surface area contributed by atoms with Crippen molar-refractivity contribution in [1.82, 2.24) is 5.32 Å². The fourth-order valence-electron chi connectivity index (χ4n) is 6.04. The molecule has 2 unspecified atom stereocenters. The number of halogens is 3. The molecule has 0 fully saturated rings. The number of nitrogens with zero attached hydrogens (tertiary/aromatic N) is 1. The van der Waals surface area contributed by atoms with E-state index in [2.05, 4.69) is 50.6 Å². The number of amides is 2. The smallest absolute Gasteiger partial charge is 0.414 e. The largest absolute Gasteiger partial charge is 0.416 e. The van der Waals surface area contributed by atoms with E-state index in [1.807, 2.05) is 47.4 Å². The number of nitrogens with one attached hydrogen (secondary N) is 2. The van der Waals surface area contributed by atoms with E-state index in [1.165, 1.54) is 11.6 Å². The zero-order valence-electron chi connectivity index (χ0n) is 26.4. The molecular formula is C35H44F3N3O2Si. The summed E-state index contributed by atoms with van der Waals surface area (Å²) in [5.74, 6) is 0. The van der Waals surface area contributed by atoms with Crippen molar-refractivity contribution in [3.63, 3.8) is 0 Å². The van der Waals surface area contributed by atoms with E-state index in [4.69, 9.17) is 4.43 Å². The molecule has 5 nitrogen and oxygen atoms in total. The van der Waals surface area contributed by atoms with E-state index in [1.54, 1.807) is 6.07 Å². The van der Waals surface area contributed by atoms with Gasteiger partial charge in [0.25, 0.3) is 0 Å². The lowest BCUT2D eigenvalue weighted by atomic mass is 9.88. The first-order valence-electron chi connectivity index (χ1n) is 15.6. The van der Waals surface area contributed by atoms with Gasteiger partial charge in [0.05, 0.1) is 5.56 Å². The zero-order valence-corrected chi connectivity index (χ0v) is 27.4. The van der Waals surface area contributed by atoms with E-state index in [-0.39, 0.29) is 23.2 Å². The summed E-state index contributed by atoms with van der Waals surface area (Å²) in [4.78, 5) is 15.3. The number of benzene rings is 3. The minimum absolute atomic E-state index is 0.116. The van der Waals surface area contributed by atoms with Crippen molar-refractivity contribution < 1.29 is 22.4 Å². The number of aryl methyl sites for hydroxylation is 2. The molecule has 3 aromatic rings. The first kappa shape index (κ1) is 32.1. The molecule has 2 aliphatic rings. The summed E-state index contributed by atoms with van der Waals surface area (Å²) in [6.07, 6.45) is -0.322. The van der Waals surface area contributed by atoms with Gasteiger partial charge in [-0.1, -0.05) is 69.3 Å². The Hall–Kier alpha value is -3.30. The van der Waals surface area contributed by atoms with E-state index >= 15 is 0 Å². The molecular weight excluding hydrogens is 579 g/mol. The number of carbonyl (C=O) groups is 1. The maximum absolute atomic E-state index is 13.7. The van der Waals surface area contributed by atoms with E-state index < -0.39 is 20.1 Å². The molecule has 2 N–H and O–H groups in total. The number of hydrogen-bond donors (Lipinski definition) is 2. The molecule has 0 spiro atoms. The molecule has 1 aliphatic heterocycles. The molecule has 5 rings (SSSR count). The summed E-state index contributed by atoms with van der Waals surface area (Å²) in [6, 6.07) is 19.3. The summed E-state index contributed by atoms with van der Waals surface area (Å²) in [5.41, 5.74) is 4.94. The lowest BCUT2D eigenvalue weighted by Gasteiger charge is -2.41. The van der Waals surface area contributed by atoms with Gasteiger partial charge >= 0.3 is 12.2 Å². The van der Waals surface area contributed by atoms with Crippen LogP contribution in [-0.4, -0.2) is 33.0 Å². The van der Waals surface area contributed by atoms with E-state index in [9.17, 15) is 18.0 Å². The fraction of sp³-hybridized carbons (Fsp3) is 0.457. The molecule has 44 heavy (non-hydrogen) atoms. The van der Waals surface area contributed by atoms with Crippen LogP contribution in [-0.2, 0) is 36.4 Å². The first-order chi connectivity index (χ1) is 20.7. The Kier molecular flexibility index (Phi) is 9.19. The molecule has 1 aliphatic carbocycles. The number of hydrogen-bond acceptors (Lipinski definition) is 3. The summed E-state index contributed by atoms with van der Waals surface area (Å²) in [5, 5.41) is 6.22. The van der Waals surface area contributed by atoms with Crippen molar-refractivity contribution in [3.8, 4) is 0 Å². The Bertz CT molecular complexity index is 1470. The Morgan fingerprint density at radius 3 is 2.39 bits per heavy atom. The third-order valence-electron chi connectivity index (χ3n) is 9.56. The molecule has 0 bridgehead atoms. The number of anilines is 2. The Balaban J connectivity index is 1.30. The van der Waals surface area contributed by atoms with Crippen LogP contribution in [0.3, 0.4) is 0 Å². The summed E-state index contributed by atoms with van der Waals surface area (Å²) in [6.45, 7) is 12.0. The van der Waals surface area contributed by atoms with Crippen LogP contribution in [0, 0.1) is 0 Å². The van der Waals surface area contributed by atoms with Gasteiger partial charge in [-0.05, 0) is 90.7 Å². The third kappa shape index (κ3) is 7.32. The van der Waals surface area contributed by atoms with Crippen molar-refractivity contribution in [2.75, 3.05) is 16.8 Å². The van der Waals surface area contributed by atoms with Crippen LogP contribution in [0.4, 0.5) is 29.3 Å². The van der Waals surface area contributed by atoms with Crippen LogP contribution in [0.25, 0.3) is 0 Å². The normalized spacial score (nSPS) is 18.8. The second-order valence-corrected chi connectivity index (χ2v) is 18.4. The molecule has 2 atom stereocenters. The summed E-state index contributed by atoms with van der Waals surface area (Å²) >= 11 is 0. The highest BCUT2D eigenvalue weighted by atomic mass is 28.4. The predicted octanol–water partition coefficient (Wildman–Crippen LogP) is 8.73. The van der Waals surface area contributed by atoms with Gasteiger partial charge in [-0.15, -0.1) is 0 Å². The van der Waals surface area contributed by atoms with Crippen molar-refractivity contribution >= 4 is 25.7 Å². The van der Waals surface area contributed by atoms with Gasteiger partial charge in [-0.2, -0.15) is 13.2 Å². The quantitative estimate of drug-likeness (QED) is 0.259. The topological polar surface area (TPSA) is 53.6 Å². The van der Waals surface area contributed by atoms with Gasteiger partial charge in [0.2, 0.25) is 0 Å². The van der Waals surface area contributed by atoms with Crippen molar-refractivity contribution in [3.05, 3.63) is 94.5 Å². The molecule has 0 saturated carbocycles. The highest BCUT2D eigenvalue weighted by Crippen LogP contribution is 2.40. The Morgan fingerprint density at radius 2 is 1.68 bits per heavy atom. The monoisotopic (exact) mass is 623 g/mol. The van der Waals surface area contributed by atoms with Crippen molar-refractivity contribution in [2.24, 2.45) is 0 Å². The fourth-order valence-corrected chi connectivity index (χ4v) is 7.43.